The number of rotatable bonds is 2. The number of hydrogen-bond donors (Lipinski definition) is 2. The molecule has 114 valence electrons. The number of hydrogen-bond acceptors (Lipinski definition) is 3. The Balaban J connectivity index is 0.00000147. The van der Waals surface area contributed by atoms with E-state index in [1.165, 1.54) is 6.42 Å². The van der Waals surface area contributed by atoms with Crippen LogP contribution in [0.15, 0.2) is 6.07 Å². The quantitative estimate of drug-likeness (QED) is 0.878. The van der Waals surface area contributed by atoms with Crippen LogP contribution in [0, 0.1) is 5.41 Å². The summed E-state index contributed by atoms with van der Waals surface area (Å²) in [5, 5.41) is 9.19. The van der Waals surface area contributed by atoms with Crippen molar-refractivity contribution in [2.24, 2.45) is 5.41 Å². The van der Waals surface area contributed by atoms with Crippen LogP contribution in [0.25, 0.3) is 0 Å². The van der Waals surface area contributed by atoms with Crippen molar-refractivity contribution < 1.29 is 13.2 Å². The minimum Gasteiger partial charge on any atom is -0.316 e. The van der Waals surface area contributed by atoms with Crippen LogP contribution in [0.1, 0.15) is 24.2 Å². The lowest BCUT2D eigenvalue weighted by Gasteiger charge is -2.22. The highest BCUT2D eigenvalue weighted by atomic mass is 35.5. The van der Waals surface area contributed by atoms with E-state index < -0.39 is 11.9 Å². The van der Waals surface area contributed by atoms with Gasteiger partial charge in [-0.05, 0) is 37.4 Å². The topological polar surface area (TPSA) is 44.0 Å². The third-order valence-electron chi connectivity index (χ3n) is 4.16. The molecule has 0 amide bonds. The van der Waals surface area contributed by atoms with Gasteiger partial charge in [-0.15, -0.1) is 12.4 Å². The molecule has 3 rings (SSSR count). The van der Waals surface area contributed by atoms with Crippen molar-refractivity contribution in [2.45, 2.75) is 25.6 Å². The zero-order chi connectivity index (χ0) is 13.5. The Morgan fingerprint density at radius 3 is 2.75 bits per heavy atom. The van der Waals surface area contributed by atoms with E-state index in [1.807, 2.05) is 0 Å². The van der Waals surface area contributed by atoms with Crippen molar-refractivity contribution in [3.63, 3.8) is 0 Å². The van der Waals surface area contributed by atoms with Crippen molar-refractivity contribution in [1.82, 2.24) is 20.4 Å². The second-order valence-corrected chi connectivity index (χ2v) is 5.66. The average Bonchev–Trinajstić information content (AvgIpc) is 3.01. The van der Waals surface area contributed by atoms with Crippen molar-refractivity contribution >= 4 is 12.4 Å². The van der Waals surface area contributed by atoms with Gasteiger partial charge in [0.05, 0.1) is 0 Å². The van der Waals surface area contributed by atoms with Crippen molar-refractivity contribution in [3.05, 3.63) is 17.5 Å². The highest BCUT2D eigenvalue weighted by Gasteiger charge is 2.40. The van der Waals surface area contributed by atoms with Crippen LogP contribution >= 0.6 is 12.4 Å². The van der Waals surface area contributed by atoms with Crippen LogP contribution in [0.2, 0.25) is 0 Å². The number of H-pyrrole nitrogens is 1. The Labute approximate surface area is 121 Å². The fraction of sp³-hybridized carbons (Fsp3) is 0.750. The molecule has 2 fully saturated rings. The Morgan fingerprint density at radius 2 is 2.15 bits per heavy atom. The van der Waals surface area contributed by atoms with Gasteiger partial charge in [-0.1, -0.05) is 0 Å². The van der Waals surface area contributed by atoms with Crippen molar-refractivity contribution in [2.75, 3.05) is 26.2 Å². The fourth-order valence-electron chi connectivity index (χ4n) is 3.14. The molecular formula is C12H18ClF3N4. The van der Waals surface area contributed by atoms with E-state index in [4.69, 9.17) is 0 Å². The fourth-order valence-corrected chi connectivity index (χ4v) is 3.14. The summed E-state index contributed by atoms with van der Waals surface area (Å²) in [7, 11) is 0. The second-order valence-electron chi connectivity index (χ2n) is 5.66. The Hall–Kier alpha value is -0.790. The van der Waals surface area contributed by atoms with E-state index in [2.05, 4.69) is 20.4 Å². The van der Waals surface area contributed by atoms with Crippen LogP contribution in [0.4, 0.5) is 13.2 Å². The van der Waals surface area contributed by atoms with Gasteiger partial charge in [0, 0.05) is 25.3 Å². The molecule has 4 nitrogen and oxygen atoms in total. The van der Waals surface area contributed by atoms with Crippen LogP contribution in [-0.4, -0.2) is 41.3 Å². The maximum Gasteiger partial charge on any atom is 0.435 e. The first-order valence-corrected chi connectivity index (χ1v) is 6.52. The maximum absolute atomic E-state index is 12.5. The number of alkyl halides is 3. The minimum absolute atomic E-state index is 0. The zero-order valence-corrected chi connectivity index (χ0v) is 11.8. The van der Waals surface area contributed by atoms with Crippen molar-refractivity contribution in [3.8, 4) is 0 Å². The lowest BCUT2D eigenvalue weighted by Crippen LogP contribution is -2.29. The van der Waals surface area contributed by atoms with E-state index >= 15 is 0 Å². The zero-order valence-electron chi connectivity index (χ0n) is 11.0. The predicted octanol–water partition coefficient (Wildman–Crippen LogP) is 2.04. The van der Waals surface area contributed by atoms with E-state index in [9.17, 15) is 13.2 Å². The second kappa shape index (κ2) is 5.54. The minimum atomic E-state index is -4.36. The molecule has 20 heavy (non-hydrogen) atoms. The first-order chi connectivity index (χ1) is 8.97. The molecule has 1 aromatic rings. The summed E-state index contributed by atoms with van der Waals surface area (Å²) in [6, 6.07) is 1.11. The molecular weight excluding hydrogens is 293 g/mol. The van der Waals surface area contributed by atoms with Gasteiger partial charge >= 0.3 is 6.18 Å². The van der Waals surface area contributed by atoms with Crippen LogP contribution in [0.5, 0.6) is 0 Å². The Morgan fingerprint density at radius 1 is 1.35 bits per heavy atom. The third-order valence-corrected chi connectivity index (χ3v) is 4.16. The largest absolute Gasteiger partial charge is 0.435 e. The summed E-state index contributed by atoms with van der Waals surface area (Å²) in [6.45, 7) is 4.50. The number of nitrogens with zero attached hydrogens (tertiary/aromatic N) is 2. The molecule has 2 saturated heterocycles. The van der Waals surface area contributed by atoms with E-state index in [0.29, 0.717) is 17.7 Å². The first-order valence-electron chi connectivity index (χ1n) is 6.52. The molecule has 1 atom stereocenters. The summed E-state index contributed by atoms with van der Waals surface area (Å²) in [6.07, 6.45) is -2.07. The average molecular weight is 311 g/mol. The molecule has 0 aliphatic carbocycles. The normalized spacial score (nSPS) is 27.1. The molecule has 3 heterocycles. The molecule has 1 aromatic heterocycles. The lowest BCUT2D eigenvalue weighted by atomic mass is 9.87. The number of nitrogens with one attached hydrogen (secondary N) is 2. The monoisotopic (exact) mass is 310 g/mol. The molecule has 0 saturated carbocycles. The van der Waals surface area contributed by atoms with Gasteiger partial charge in [0.2, 0.25) is 0 Å². The molecule has 0 radical (unpaired) electrons. The lowest BCUT2D eigenvalue weighted by molar-refractivity contribution is -0.141. The van der Waals surface area contributed by atoms with Crippen LogP contribution < -0.4 is 5.32 Å². The highest BCUT2D eigenvalue weighted by Crippen LogP contribution is 2.36. The van der Waals surface area contributed by atoms with Gasteiger partial charge in [-0.25, -0.2) is 0 Å². The summed E-state index contributed by atoms with van der Waals surface area (Å²) >= 11 is 0. The molecule has 1 spiro atoms. The molecule has 2 aliphatic heterocycles. The van der Waals surface area contributed by atoms with Crippen LogP contribution in [-0.2, 0) is 12.7 Å². The third kappa shape index (κ3) is 3.10. The summed E-state index contributed by atoms with van der Waals surface area (Å²) in [5.74, 6) is 0. The van der Waals surface area contributed by atoms with Gasteiger partial charge in [0.15, 0.2) is 5.69 Å². The van der Waals surface area contributed by atoms with Crippen molar-refractivity contribution in [1.29, 1.82) is 0 Å². The molecule has 0 aromatic carbocycles. The highest BCUT2D eigenvalue weighted by molar-refractivity contribution is 5.85. The van der Waals surface area contributed by atoms with E-state index in [-0.39, 0.29) is 12.4 Å². The number of aromatic nitrogens is 2. The Bertz CT molecular complexity index is 454. The standard InChI is InChI=1S/C12H17F3N4.ClH/c13-12(14,15)10-5-9(17-18-10)6-19-4-2-11(8-19)1-3-16-7-11;/h5,16H,1-4,6-8H2,(H,17,18);1H. The summed E-state index contributed by atoms with van der Waals surface area (Å²) in [4.78, 5) is 2.21. The summed E-state index contributed by atoms with van der Waals surface area (Å²) < 4.78 is 37.4. The molecule has 8 heteroatoms. The number of halogens is 4. The van der Waals surface area contributed by atoms with Gasteiger partial charge in [0.1, 0.15) is 0 Å². The van der Waals surface area contributed by atoms with Gasteiger partial charge in [0.25, 0.3) is 0 Å². The molecule has 2 aliphatic rings. The first kappa shape index (κ1) is 15.6. The molecule has 0 bridgehead atoms. The number of aromatic amines is 1. The Kier molecular flexibility index (Phi) is 4.32. The maximum atomic E-state index is 12.5. The predicted molar refractivity (Wildman–Crippen MR) is 70.7 cm³/mol. The van der Waals surface area contributed by atoms with E-state index in [0.717, 1.165) is 38.7 Å². The van der Waals surface area contributed by atoms with Gasteiger partial charge in [-0.2, -0.15) is 18.3 Å². The SMILES string of the molecule is Cl.FC(F)(F)c1cc(CN2CCC3(CCNC3)C2)[nH]n1. The number of likely N-dealkylation sites (tertiary alicyclic amines) is 1. The van der Waals surface area contributed by atoms with E-state index in [1.54, 1.807) is 0 Å². The molecule has 1 unspecified atom stereocenters. The van der Waals surface area contributed by atoms with Crippen LogP contribution in [0.3, 0.4) is 0 Å². The molecule has 2 N–H and O–H groups in total. The van der Waals surface area contributed by atoms with Gasteiger partial charge < -0.3 is 5.32 Å². The van der Waals surface area contributed by atoms with Gasteiger partial charge in [-0.3, -0.25) is 10.00 Å². The smallest absolute Gasteiger partial charge is 0.316 e. The summed E-state index contributed by atoms with van der Waals surface area (Å²) in [5.41, 5.74) is 0.0432.